The number of hydrogen-bond donors (Lipinski definition) is 5. The first kappa shape index (κ1) is 57.5. The molecule has 0 saturated heterocycles. The Morgan fingerprint density at radius 2 is 1.10 bits per heavy atom. The summed E-state index contributed by atoms with van der Waals surface area (Å²) < 4.78 is 47.6. The lowest BCUT2D eigenvalue weighted by Crippen LogP contribution is -2.30. The first-order valence-corrected chi connectivity index (χ1v) is 24.8. The number of rotatable bonds is 40. The van der Waals surface area contributed by atoms with E-state index >= 15 is 0 Å². The van der Waals surface area contributed by atoms with Gasteiger partial charge in [0.15, 0.2) is 6.10 Å². The fourth-order valence-corrected chi connectivity index (χ4v) is 6.53. The van der Waals surface area contributed by atoms with E-state index in [0.717, 1.165) is 64.2 Å². The van der Waals surface area contributed by atoms with Gasteiger partial charge in [-0.15, -0.1) is 0 Å². The average Bonchev–Trinajstić information content (AvgIpc) is 3.20. The lowest BCUT2D eigenvalue weighted by atomic mass is 10.1. The van der Waals surface area contributed by atoms with Crippen molar-refractivity contribution >= 4 is 27.6 Å². The predicted molar refractivity (Wildman–Crippen MR) is 236 cm³/mol. The summed E-state index contributed by atoms with van der Waals surface area (Å²) in [6, 6.07) is 0. The van der Waals surface area contributed by atoms with Crippen molar-refractivity contribution in [2.24, 2.45) is 0 Å². The normalized spacial score (nSPS) is 15.2. The standard InChI is InChI=1S/C44H76O14P2/c1-3-5-7-9-11-13-15-17-18-20-22-24-26-28-30-34-43(47)54-38-42(39-57-60(52,53)56-37-41(46)36-55-59(49,50)51)58-44(48)35-31-33-40(45)32-29-27-25-23-21-19-16-14-12-10-8-6-4-2/h6,8,12-15,19,21,25,27,29,32,40-42,45-46H,3-5,7,9-11,16-18,20,22-24,26,28,30-31,33-39H2,1-2H3,(H,52,53)(H2,49,50,51)/b8-6-,14-12-,15-13-,21-19-,27-25-,32-29+/t40?,41-,42+/m0/s1. The van der Waals surface area contributed by atoms with Gasteiger partial charge in [-0.3, -0.25) is 23.2 Å². The van der Waals surface area contributed by atoms with Crippen molar-refractivity contribution in [3.8, 4) is 0 Å². The van der Waals surface area contributed by atoms with Gasteiger partial charge in [0.25, 0.3) is 0 Å². The monoisotopic (exact) mass is 890 g/mol. The molecule has 0 rings (SSSR count). The molecular formula is C44H76O14P2. The van der Waals surface area contributed by atoms with E-state index < -0.39 is 72.3 Å². The Bertz CT molecular complexity index is 1350. The van der Waals surface area contributed by atoms with Gasteiger partial charge >= 0.3 is 27.6 Å². The van der Waals surface area contributed by atoms with Crippen LogP contribution in [0.2, 0.25) is 0 Å². The molecule has 2 unspecified atom stereocenters. The highest BCUT2D eigenvalue weighted by atomic mass is 31.2. The third-order valence-electron chi connectivity index (χ3n) is 8.67. The van der Waals surface area contributed by atoms with Crippen molar-refractivity contribution in [2.75, 3.05) is 26.4 Å². The molecule has 0 aliphatic heterocycles. The van der Waals surface area contributed by atoms with E-state index in [-0.39, 0.29) is 25.7 Å². The second-order valence-electron chi connectivity index (χ2n) is 14.4. The summed E-state index contributed by atoms with van der Waals surface area (Å²) in [6.07, 6.45) is 39.2. The number of hydrogen-bond acceptors (Lipinski definition) is 11. The number of carbonyl (C=O) groups excluding carboxylic acids is 2. The molecule has 0 fully saturated rings. The van der Waals surface area contributed by atoms with Crippen molar-refractivity contribution in [3.63, 3.8) is 0 Å². The van der Waals surface area contributed by atoms with Crippen LogP contribution in [0.4, 0.5) is 0 Å². The first-order valence-electron chi connectivity index (χ1n) is 21.7. The summed E-state index contributed by atoms with van der Waals surface area (Å²) >= 11 is 0. The van der Waals surface area contributed by atoms with Crippen LogP contribution in [0.15, 0.2) is 72.9 Å². The summed E-state index contributed by atoms with van der Waals surface area (Å²) in [7, 11) is -9.75. The summed E-state index contributed by atoms with van der Waals surface area (Å²) in [5.74, 6) is -1.25. The molecular weight excluding hydrogens is 814 g/mol. The number of unbranched alkanes of at least 4 members (excludes halogenated alkanes) is 11. The van der Waals surface area contributed by atoms with Gasteiger partial charge in [0.05, 0.1) is 25.9 Å². The van der Waals surface area contributed by atoms with Crippen molar-refractivity contribution in [2.45, 2.75) is 167 Å². The maximum absolute atomic E-state index is 12.7. The average molecular weight is 891 g/mol. The lowest BCUT2D eigenvalue weighted by Gasteiger charge is -2.20. The minimum Gasteiger partial charge on any atom is -0.462 e. The molecule has 0 aliphatic carbocycles. The topological polar surface area (TPSA) is 216 Å². The number of phosphoric ester groups is 2. The molecule has 16 heteroatoms. The lowest BCUT2D eigenvalue weighted by molar-refractivity contribution is -0.161. The highest BCUT2D eigenvalue weighted by Gasteiger charge is 2.28. The molecule has 0 radical (unpaired) electrons. The van der Waals surface area contributed by atoms with Crippen molar-refractivity contribution in [1.82, 2.24) is 0 Å². The molecule has 0 aromatic carbocycles. The van der Waals surface area contributed by atoms with Gasteiger partial charge < -0.3 is 34.4 Å². The van der Waals surface area contributed by atoms with Gasteiger partial charge in [-0.25, -0.2) is 9.13 Å². The minimum absolute atomic E-state index is 0.103. The van der Waals surface area contributed by atoms with Crippen LogP contribution >= 0.6 is 15.6 Å². The molecule has 0 heterocycles. The summed E-state index contributed by atoms with van der Waals surface area (Å²) in [5, 5.41) is 20.0. The van der Waals surface area contributed by atoms with E-state index in [1.807, 2.05) is 12.2 Å². The van der Waals surface area contributed by atoms with E-state index in [0.29, 0.717) is 6.42 Å². The third-order valence-corrected chi connectivity index (χ3v) is 10.1. The number of carbonyl (C=O) groups is 2. The fourth-order valence-electron chi connectivity index (χ4n) is 5.37. The quantitative estimate of drug-likeness (QED) is 0.0127. The molecule has 0 aliphatic rings. The Balaban J connectivity index is 4.73. The van der Waals surface area contributed by atoms with Crippen LogP contribution in [-0.4, -0.2) is 81.6 Å². The maximum Gasteiger partial charge on any atom is 0.472 e. The zero-order valence-electron chi connectivity index (χ0n) is 36.1. The zero-order valence-corrected chi connectivity index (χ0v) is 37.9. The predicted octanol–water partition coefficient (Wildman–Crippen LogP) is 9.98. The molecule has 346 valence electrons. The Morgan fingerprint density at radius 3 is 1.72 bits per heavy atom. The Morgan fingerprint density at radius 1 is 0.567 bits per heavy atom. The van der Waals surface area contributed by atoms with Crippen LogP contribution < -0.4 is 0 Å². The Hall–Kier alpha value is -2.48. The van der Waals surface area contributed by atoms with E-state index in [2.05, 4.69) is 71.5 Å². The largest absolute Gasteiger partial charge is 0.472 e. The molecule has 5 N–H and O–H groups in total. The first-order chi connectivity index (χ1) is 28.8. The number of allylic oxidation sites excluding steroid dienone is 11. The molecule has 0 aromatic rings. The molecule has 4 atom stereocenters. The zero-order chi connectivity index (χ0) is 44.6. The van der Waals surface area contributed by atoms with Gasteiger partial charge in [-0.2, -0.15) is 0 Å². The van der Waals surface area contributed by atoms with E-state index in [1.165, 1.54) is 38.5 Å². The molecule has 60 heavy (non-hydrogen) atoms. The molecule has 0 amide bonds. The van der Waals surface area contributed by atoms with Crippen LogP contribution in [0.5, 0.6) is 0 Å². The van der Waals surface area contributed by atoms with Gasteiger partial charge in [0.1, 0.15) is 12.7 Å². The molecule has 14 nitrogen and oxygen atoms in total. The molecule has 0 aromatic heterocycles. The van der Waals surface area contributed by atoms with Crippen molar-refractivity contribution < 1.29 is 66.7 Å². The molecule has 0 bridgehead atoms. The molecule has 0 spiro atoms. The highest BCUT2D eigenvalue weighted by Crippen LogP contribution is 2.43. The minimum atomic E-state index is -4.89. The van der Waals surface area contributed by atoms with Crippen LogP contribution in [0.3, 0.4) is 0 Å². The van der Waals surface area contributed by atoms with Crippen LogP contribution in [0, 0.1) is 0 Å². The summed E-state index contributed by atoms with van der Waals surface area (Å²) in [4.78, 5) is 52.7. The second-order valence-corrected chi connectivity index (χ2v) is 17.1. The summed E-state index contributed by atoms with van der Waals surface area (Å²) in [5.41, 5.74) is 0. The number of ether oxygens (including phenoxy) is 2. The van der Waals surface area contributed by atoms with Crippen LogP contribution in [0.1, 0.15) is 149 Å². The number of phosphoric acid groups is 2. The van der Waals surface area contributed by atoms with Gasteiger partial charge in [-0.05, 0) is 70.6 Å². The second kappa shape index (κ2) is 39.4. The van der Waals surface area contributed by atoms with Crippen LogP contribution in [-0.2, 0) is 41.8 Å². The van der Waals surface area contributed by atoms with Crippen LogP contribution in [0.25, 0.3) is 0 Å². The van der Waals surface area contributed by atoms with Gasteiger partial charge in [-0.1, -0.05) is 138 Å². The van der Waals surface area contributed by atoms with Gasteiger partial charge in [0.2, 0.25) is 0 Å². The van der Waals surface area contributed by atoms with E-state index in [4.69, 9.17) is 23.8 Å². The highest BCUT2D eigenvalue weighted by molar-refractivity contribution is 7.47. The fraction of sp³-hybridized carbons (Fsp3) is 0.682. The van der Waals surface area contributed by atoms with Gasteiger partial charge in [0, 0.05) is 12.8 Å². The van der Waals surface area contributed by atoms with E-state index in [9.17, 15) is 33.8 Å². The molecule has 0 saturated carbocycles. The van der Waals surface area contributed by atoms with Crippen molar-refractivity contribution in [1.29, 1.82) is 0 Å². The smallest absolute Gasteiger partial charge is 0.462 e. The summed E-state index contributed by atoms with van der Waals surface area (Å²) in [6.45, 7) is 1.39. The SMILES string of the molecule is CC/C=C\C/C=C\C/C=C\C/C=C\C=C\C(O)CCCC(=O)O[C@H](COC(=O)CCCCCCCCC/C=C\CCCCCC)COP(=O)(O)OC[C@@H](O)COP(=O)(O)O. The number of aliphatic hydroxyl groups excluding tert-OH is 2. The van der Waals surface area contributed by atoms with Crippen molar-refractivity contribution in [3.05, 3.63) is 72.9 Å². The third kappa shape index (κ3) is 42.2. The van der Waals surface area contributed by atoms with E-state index in [1.54, 1.807) is 12.2 Å². The Kier molecular flexibility index (Phi) is 37.7. The number of aliphatic hydroxyl groups is 2. The number of esters is 2. The maximum atomic E-state index is 12.7. The Labute approximate surface area is 359 Å².